The highest BCUT2D eigenvalue weighted by Gasteiger charge is 2.32. The molecular weight excluding hydrogens is 369 g/mol. The molecule has 3 nitrogen and oxygen atoms in total. The van der Waals surface area contributed by atoms with E-state index < -0.39 is 15.8 Å². The normalized spacial score (nSPS) is 20.0. The van der Waals surface area contributed by atoms with E-state index in [1.54, 1.807) is 0 Å². The van der Waals surface area contributed by atoms with E-state index in [1.807, 2.05) is 6.92 Å². The van der Waals surface area contributed by atoms with Crippen molar-refractivity contribution >= 4 is 37.6 Å². The Bertz CT molecular complexity index is 586. The Hall–Kier alpha value is -0.170. The van der Waals surface area contributed by atoms with E-state index >= 15 is 0 Å². The minimum absolute atomic E-state index is 0.0317. The predicted molar refractivity (Wildman–Crippen MR) is 80.9 cm³/mol. The zero-order valence-corrected chi connectivity index (χ0v) is 14.2. The number of piperidine rings is 1. The summed E-state index contributed by atoms with van der Waals surface area (Å²) in [4.78, 5) is -0.266. The van der Waals surface area contributed by atoms with Crippen molar-refractivity contribution in [3.63, 3.8) is 0 Å². The first-order valence-corrected chi connectivity index (χ1v) is 9.08. The molecule has 7 heteroatoms. The van der Waals surface area contributed by atoms with Gasteiger partial charge in [0.05, 0.1) is 0 Å². The lowest BCUT2D eigenvalue weighted by molar-refractivity contribution is 0.271. The molecule has 0 aromatic heterocycles. The number of halogens is 3. The zero-order valence-electron chi connectivity index (χ0n) is 11.0. The number of hydrogen-bond acceptors (Lipinski definition) is 2. The molecule has 1 aliphatic rings. The fourth-order valence-electron chi connectivity index (χ4n) is 2.40. The molecular formula is C13H16BrClFNO2S. The molecule has 0 amide bonds. The summed E-state index contributed by atoms with van der Waals surface area (Å²) < 4.78 is 40.6. The predicted octanol–water partition coefficient (Wildman–Crippen LogP) is 3.62. The van der Waals surface area contributed by atoms with Crippen LogP contribution < -0.4 is 0 Å². The van der Waals surface area contributed by atoms with Crippen molar-refractivity contribution in [2.75, 3.05) is 13.1 Å². The van der Waals surface area contributed by atoms with Crippen molar-refractivity contribution in [2.24, 2.45) is 5.92 Å². The lowest BCUT2D eigenvalue weighted by Crippen LogP contribution is -2.40. The number of nitrogens with zero attached hydrogens (tertiary/aromatic N) is 1. The van der Waals surface area contributed by atoms with Crippen LogP contribution in [0.3, 0.4) is 0 Å². The highest BCUT2D eigenvalue weighted by Crippen LogP contribution is 2.29. The minimum Gasteiger partial charge on any atom is -0.207 e. The number of rotatable bonds is 3. The van der Waals surface area contributed by atoms with Crippen LogP contribution in [0.4, 0.5) is 4.39 Å². The van der Waals surface area contributed by atoms with E-state index in [0.29, 0.717) is 36.3 Å². The van der Waals surface area contributed by atoms with E-state index in [1.165, 1.54) is 22.5 Å². The summed E-state index contributed by atoms with van der Waals surface area (Å²) in [7, 11) is -3.76. The van der Waals surface area contributed by atoms with Gasteiger partial charge in [0.25, 0.3) is 0 Å². The molecule has 1 saturated heterocycles. The Kier molecular flexibility index (Phi) is 5.10. The van der Waals surface area contributed by atoms with Crippen LogP contribution >= 0.6 is 27.5 Å². The molecule has 0 spiro atoms. The monoisotopic (exact) mass is 383 g/mol. The fourth-order valence-corrected chi connectivity index (χ4v) is 4.50. The summed E-state index contributed by atoms with van der Waals surface area (Å²) >= 11 is 9.16. The van der Waals surface area contributed by atoms with Crippen LogP contribution in [0.1, 0.15) is 19.8 Å². The Morgan fingerprint density at radius 2 is 2.00 bits per heavy atom. The third-order valence-electron chi connectivity index (χ3n) is 3.66. The summed E-state index contributed by atoms with van der Waals surface area (Å²) in [5.41, 5.74) is 0. The summed E-state index contributed by atoms with van der Waals surface area (Å²) in [5.74, 6) is -0.412. The summed E-state index contributed by atoms with van der Waals surface area (Å²) in [6.45, 7) is 2.70. The van der Waals surface area contributed by atoms with Crippen molar-refractivity contribution in [3.05, 3.63) is 28.5 Å². The first-order valence-electron chi connectivity index (χ1n) is 6.41. The number of alkyl halides is 1. The van der Waals surface area contributed by atoms with Gasteiger partial charge in [0, 0.05) is 22.9 Å². The third kappa shape index (κ3) is 3.35. The van der Waals surface area contributed by atoms with Gasteiger partial charge in [-0.3, -0.25) is 0 Å². The van der Waals surface area contributed by atoms with Gasteiger partial charge in [-0.2, -0.15) is 4.31 Å². The quantitative estimate of drug-likeness (QED) is 0.747. The summed E-state index contributed by atoms with van der Waals surface area (Å²) in [6, 6.07) is 4.00. The maximum Gasteiger partial charge on any atom is 0.245 e. The van der Waals surface area contributed by atoms with Gasteiger partial charge >= 0.3 is 0 Å². The van der Waals surface area contributed by atoms with Crippen LogP contribution in [-0.4, -0.2) is 31.2 Å². The van der Waals surface area contributed by atoms with E-state index in [2.05, 4.69) is 15.9 Å². The van der Waals surface area contributed by atoms with Gasteiger partial charge < -0.3 is 0 Å². The first-order chi connectivity index (χ1) is 9.32. The Balaban J connectivity index is 2.20. The van der Waals surface area contributed by atoms with Crippen LogP contribution in [0.5, 0.6) is 0 Å². The molecule has 0 N–H and O–H groups in total. The van der Waals surface area contributed by atoms with Crippen molar-refractivity contribution in [1.29, 1.82) is 0 Å². The molecule has 0 radical (unpaired) electrons. The van der Waals surface area contributed by atoms with Gasteiger partial charge in [-0.25, -0.2) is 12.8 Å². The van der Waals surface area contributed by atoms with Crippen LogP contribution in [0.15, 0.2) is 27.6 Å². The smallest absolute Gasteiger partial charge is 0.207 e. The van der Waals surface area contributed by atoms with Crippen LogP contribution in [0, 0.1) is 11.7 Å². The molecule has 1 atom stereocenters. The number of sulfonamides is 1. The molecule has 1 fully saturated rings. The minimum atomic E-state index is -3.76. The molecule has 2 rings (SSSR count). The van der Waals surface area contributed by atoms with Crippen LogP contribution in [-0.2, 0) is 10.0 Å². The van der Waals surface area contributed by atoms with Crippen LogP contribution in [0.2, 0.25) is 0 Å². The van der Waals surface area contributed by atoms with E-state index in [-0.39, 0.29) is 10.3 Å². The van der Waals surface area contributed by atoms with Gasteiger partial charge in [0.2, 0.25) is 10.0 Å². The SMILES string of the molecule is CC(Cl)C1CCN(S(=O)(=O)c2ccc(Br)cc2F)CC1. The van der Waals surface area contributed by atoms with Crippen molar-refractivity contribution in [2.45, 2.75) is 30.0 Å². The van der Waals surface area contributed by atoms with Gasteiger partial charge in [-0.15, -0.1) is 11.6 Å². The highest BCUT2D eigenvalue weighted by molar-refractivity contribution is 9.10. The van der Waals surface area contributed by atoms with E-state index in [0.717, 1.165) is 0 Å². The highest BCUT2D eigenvalue weighted by atomic mass is 79.9. The lowest BCUT2D eigenvalue weighted by Gasteiger charge is -2.32. The second kappa shape index (κ2) is 6.30. The number of hydrogen-bond donors (Lipinski definition) is 0. The van der Waals surface area contributed by atoms with Crippen molar-refractivity contribution < 1.29 is 12.8 Å². The van der Waals surface area contributed by atoms with Crippen molar-refractivity contribution in [1.82, 2.24) is 4.31 Å². The van der Waals surface area contributed by atoms with Gasteiger partial charge in [-0.1, -0.05) is 15.9 Å². The maximum atomic E-state index is 13.8. The molecule has 1 aliphatic heterocycles. The van der Waals surface area contributed by atoms with E-state index in [4.69, 9.17) is 11.6 Å². The molecule has 0 saturated carbocycles. The average molecular weight is 385 g/mol. The largest absolute Gasteiger partial charge is 0.245 e. The molecule has 0 bridgehead atoms. The average Bonchev–Trinajstić information content (AvgIpc) is 2.38. The molecule has 20 heavy (non-hydrogen) atoms. The zero-order chi connectivity index (χ0) is 14.9. The standard InChI is InChI=1S/C13H16BrClFNO2S/c1-9(15)10-4-6-17(7-5-10)20(18,19)13-3-2-11(14)8-12(13)16/h2-3,8-10H,4-7H2,1H3. The van der Waals surface area contributed by atoms with Gasteiger partial charge in [0.1, 0.15) is 10.7 Å². The van der Waals surface area contributed by atoms with Gasteiger partial charge in [-0.05, 0) is 43.9 Å². The Morgan fingerprint density at radius 1 is 1.40 bits per heavy atom. The second-order valence-electron chi connectivity index (χ2n) is 4.99. The molecule has 1 unspecified atom stereocenters. The number of benzene rings is 1. The molecule has 1 heterocycles. The van der Waals surface area contributed by atoms with Crippen LogP contribution in [0.25, 0.3) is 0 Å². The molecule has 0 aliphatic carbocycles. The Morgan fingerprint density at radius 3 is 2.50 bits per heavy atom. The Labute approximate surface area is 132 Å². The van der Waals surface area contributed by atoms with E-state index in [9.17, 15) is 12.8 Å². The van der Waals surface area contributed by atoms with Crippen molar-refractivity contribution in [3.8, 4) is 0 Å². The second-order valence-corrected chi connectivity index (χ2v) is 8.50. The molecule has 112 valence electrons. The van der Waals surface area contributed by atoms with Gasteiger partial charge in [0.15, 0.2) is 0 Å². The lowest BCUT2D eigenvalue weighted by atomic mass is 9.95. The summed E-state index contributed by atoms with van der Waals surface area (Å²) in [5, 5.41) is 0.0317. The molecule has 1 aromatic carbocycles. The fraction of sp³-hybridized carbons (Fsp3) is 0.538. The first kappa shape index (κ1) is 16.2. The molecule has 1 aromatic rings. The summed E-state index contributed by atoms with van der Waals surface area (Å²) in [6.07, 6.45) is 1.42. The third-order valence-corrected chi connectivity index (χ3v) is 6.44. The maximum absolute atomic E-state index is 13.8. The topological polar surface area (TPSA) is 37.4 Å².